The van der Waals surface area contributed by atoms with Gasteiger partial charge >= 0.3 is 0 Å². The number of hydrogen-bond donors (Lipinski definition) is 1. The quantitative estimate of drug-likeness (QED) is 0.862. The molecular formula is C12H12ClFN4. The number of hydrogen-bond acceptors (Lipinski definition) is 3. The molecule has 0 saturated carbocycles. The molecule has 18 heavy (non-hydrogen) atoms. The Bertz CT molecular complexity index is 583. The van der Waals surface area contributed by atoms with Crippen molar-refractivity contribution < 1.29 is 4.39 Å². The van der Waals surface area contributed by atoms with Crippen LogP contribution in [-0.4, -0.2) is 20.9 Å². The molecule has 0 aliphatic carbocycles. The van der Waals surface area contributed by atoms with Gasteiger partial charge in [0.15, 0.2) is 5.82 Å². The Hall–Kier alpha value is -1.46. The van der Waals surface area contributed by atoms with E-state index in [0.29, 0.717) is 23.1 Å². The van der Waals surface area contributed by atoms with Crippen LogP contribution in [0, 0.1) is 0 Å². The number of alkyl halides is 1. The lowest BCUT2D eigenvalue weighted by Crippen LogP contribution is -2.30. The molecule has 0 spiro atoms. The summed E-state index contributed by atoms with van der Waals surface area (Å²) in [6.45, 7) is 0.219. The molecule has 4 nitrogen and oxygen atoms in total. The highest BCUT2D eigenvalue weighted by atomic mass is 35.5. The molecule has 2 aromatic rings. The van der Waals surface area contributed by atoms with Gasteiger partial charge in [0.1, 0.15) is 12.0 Å². The van der Waals surface area contributed by atoms with Crippen LogP contribution < -0.4 is 5.73 Å². The first kappa shape index (κ1) is 11.6. The minimum absolute atomic E-state index is 0.219. The number of nitrogens with two attached hydrogens (primary N) is 1. The van der Waals surface area contributed by atoms with Gasteiger partial charge in [-0.05, 0) is 12.1 Å². The van der Waals surface area contributed by atoms with Crippen molar-refractivity contribution in [1.29, 1.82) is 0 Å². The van der Waals surface area contributed by atoms with Crippen molar-refractivity contribution in [3.8, 4) is 11.4 Å². The van der Waals surface area contributed by atoms with Gasteiger partial charge in [0.25, 0.3) is 0 Å². The number of aromatic nitrogens is 3. The van der Waals surface area contributed by atoms with E-state index in [2.05, 4.69) is 10.1 Å². The van der Waals surface area contributed by atoms with Crippen LogP contribution in [0.3, 0.4) is 0 Å². The molecule has 1 aliphatic heterocycles. The van der Waals surface area contributed by atoms with Gasteiger partial charge < -0.3 is 5.73 Å². The molecule has 0 radical (unpaired) electrons. The molecule has 2 heterocycles. The summed E-state index contributed by atoms with van der Waals surface area (Å²) in [7, 11) is 0. The molecule has 0 bridgehead atoms. The van der Waals surface area contributed by atoms with E-state index in [1.54, 1.807) is 16.8 Å². The summed E-state index contributed by atoms with van der Waals surface area (Å²) in [5, 5.41) is 4.91. The zero-order chi connectivity index (χ0) is 12.7. The highest BCUT2D eigenvalue weighted by molar-refractivity contribution is 6.30. The lowest BCUT2D eigenvalue weighted by molar-refractivity contribution is 0.220. The molecule has 2 atom stereocenters. The van der Waals surface area contributed by atoms with E-state index < -0.39 is 12.2 Å². The first-order valence-corrected chi connectivity index (χ1v) is 6.11. The predicted molar refractivity (Wildman–Crippen MR) is 66.9 cm³/mol. The zero-order valence-electron chi connectivity index (χ0n) is 9.55. The summed E-state index contributed by atoms with van der Waals surface area (Å²) in [4.78, 5) is 4.38. The fourth-order valence-electron chi connectivity index (χ4n) is 2.16. The van der Waals surface area contributed by atoms with E-state index in [9.17, 15) is 4.39 Å². The van der Waals surface area contributed by atoms with E-state index in [-0.39, 0.29) is 6.54 Å². The standard InChI is InChI=1S/C12H12ClFN4/c13-8-3-1-2-7(4-8)11-16-12-10(15)5-9(14)6-18(12)17-11/h1-4,9-10H,5-6,15H2. The van der Waals surface area contributed by atoms with Crippen LogP contribution >= 0.6 is 11.6 Å². The Labute approximate surface area is 109 Å². The molecule has 3 rings (SSSR count). The number of fused-ring (bicyclic) bond motifs is 1. The Morgan fingerprint density at radius 2 is 2.28 bits per heavy atom. The van der Waals surface area contributed by atoms with Crippen molar-refractivity contribution in [2.45, 2.75) is 25.2 Å². The van der Waals surface area contributed by atoms with Crippen LogP contribution in [0.25, 0.3) is 11.4 Å². The Morgan fingerprint density at radius 1 is 1.44 bits per heavy atom. The second kappa shape index (κ2) is 4.33. The van der Waals surface area contributed by atoms with Gasteiger partial charge in [0, 0.05) is 17.0 Å². The summed E-state index contributed by atoms with van der Waals surface area (Å²) in [6, 6.07) is 6.86. The van der Waals surface area contributed by atoms with Crippen molar-refractivity contribution in [2.24, 2.45) is 5.73 Å². The van der Waals surface area contributed by atoms with E-state index in [0.717, 1.165) is 5.56 Å². The summed E-state index contributed by atoms with van der Waals surface area (Å²) >= 11 is 5.93. The fraction of sp³-hybridized carbons (Fsp3) is 0.333. The van der Waals surface area contributed by atoms with Crippen molar-refractivity contribution >= 4 is 11.6 Å². The van der Waals surface area contributed by atoms with Gasteiger partial charge in [0.05, 0.1) is 12.6 Å². The number of rotatable bonds is 1. The molecule has 0 amide bonds. The Morgan fingerprint density at radius 3 is 3.06 bits per heavy atom. The molecule has 1 aliphatic rings. The highest BCUT2D eigenvalue weighted by Gasteiger charge is 2.27. The maximum Gasteiger partial charge on any atom is 0.181 e. The molecule has 2 unspecified atom stereocenters. The lowest BCUT2D eigenvalue weighted by Gasteiger charge is -2.21. The minimum Gasteiger partial charge on any atom is -0.321 e. The van der Waals surface area contributed by atoms with Crippen molar-refractivity contribution in [3.63, 3.8) is 0 Å². The smallest absolute Gasteiger partial charge is 0.181 e. The second-order valence-electron chi connectivity index (χ2n) is 4.43. The van der Waals surface area contributed by atoms with Crippen LogP contribution in [-0.2, 0) is 6.54 Å². The predicted octanol–water partition coefficient (Wildman–Crippen LogP) is 2.34. The lowest BCUT2D eigenvalue weighted by atomic mass is 10.1. The van der Waals surface area contributed by atoms with E-state index in [1.165, 1.54) is 0 Å². The Kier molecular flexibility index (Phi) is 2.80. The normalized spacial score (nSPS) is 22.8. The van der Waals surface area contributed by atoms with E-state index >= 15 is 0 Å². The van der Waals surface area contributed by atoms with Gasteiger partial charge in [-0.2, -0.15) is 5.10 Å². The number of benzene rings is 1. The van der Waals surface area contributed by atoms with Crippen LogP contribution in [0.5, 0.6) is 0 Å². The van der Waals surface area contributed by atoms with Crippen LogP contribution in [0.15, 0.2) is 24.3 Å². The molecule has 2 N–H and O–H groups in total. The van der Waals surface area contributed by atoms with Gasteiger partial charge in [-0.3, -0.25) is 0 Å². The molecule has 0 saturated heterocycles. The molecule has 1 aromatic carbocycles. The van der Waals surface area contributed by atoms with E-state index in [1.807, 2.05) is 12.1 Å². The largest absolute Gasteiger partial charge is 0.321 e. The topological polar surface area (TPSA) is 56.7 Å². The second-order valence-corrected chi connectivity index (χ2v) is 4.86. The van der Waals surface area contributed by atoms with Gasteiger partial charge in [-0.1, -0.05) is 23.7 Å². The summed E-state index contributed by atoms with van der Waals surface area (Å²) in [5.41, 5.74) is 6.68. The zero-order valence-corrected chi connectivity index (χ0v) is 10.3. The number of halogens is 2. The molecule has 0 fully saturated rings. The van der Waals surface area contributed by atoms with Crippen molar-refractivity contribution in [1.82, 2.24) is 14.8 Å². The fourth-order valence-corrected chi connectivity index (χ4v) is 2.35. The van der Waals surface area contributed by atoms with Gasteiger partial charge in [-0.15, -0.1) is 0 Å². The first-order valence-electron chi connectivity index (χ1n) is 5.74. The summed E-state index contributed by atoms with van der Waals surface area (Å²) in [5.74, 6) is 1.18. The van der Waals surface area contributed by atoms with Crippen molar-refractivity contribution in [2.75, 3.05) is 0 Å². The maximum absolute atomic E-state index is 13.4. The molecule has 6 heteroatoms. The molecular weight excluding hydrogens is 255 g/mol. The third kappa shape index (κ3) is 2.00. The number of nitrogens with zero attached hydrogens (tertiary/aromatic N) is 3. The van der Waals surface area contributed by atoms with Gasteiger partial charge in [-0.25, -0.2) is 14.1 Å². The average Bonchev–Trinajstić information content (AvgIpc) is 2.73. The van der Waals surface area contributed by atoms with Crippen LogP contribution in [0.4, 0.5) is 4.39 Å². The van der Waals surface area contributed by atoms with Gasteiger partial charge in [0.2, 0.25) is 0 Å². The van der Waals surface area contributed by atoms with Crippen LogP contribution in [0.1, 0.15) is 18.3 Å². The van der Waals surface area contributed by atoms with Crippen molar-refractivity contribution in [3.05, 3.63) is 35.1 Å². The minimum atomic E-state index is -0.957. The summed E-state index contributed by atoms with van der Waals surface area (Å²) in [6.07, 6.45) is -0.658. The highest BCUT2D eigenvalue weighted by Crippen LogP contribution is 2.26. The summed E-state index contributed by atoms with van der Waals surface area (Å²) < 4.78 is 14.9. The van der Waals surface area contributed by atoms with E-state index in [4.69, 9.17) is 17.3 Å². The third-order valence-corrected chi connectivity index (χ3v) is 3.23. The Balaban J connectivity index is 2.03. The molecule has 94 valence electrons. The first-order chi connectivity index (χ1) is 8.63. The average molecular weight is 267 g/mol. The SMILES string of the molecule is NC1CC(F)Cn2nc(-c3cccc(Cl)c3)nc21. The van der Waals surface area contributed by atoms with Crippen LogP contribution in [0.2, 0.25) is 5.02 Å². The molecule has 1 aromatic heterocycles. The maximum atomic E-state index is 13.4. The monoisotopic (exact) mass is 266 g/mol. The third-order valence-electron chi connectivity index (χ3n) is 3.00.